The average molecular weight is 311 g/mol. The van der Waals surface area contributed by atoms with Crippen molar-refractivity contribution in [3.8, 4) is 0 Å². The Morgan fingerprint density at radius 3 is 2.91 bits per heavy atom. The Hall–Kier alpha value is -1.68. The minimum atomic E-state index is 0.117. The Kier molecular flexibility index (Phi) is 3.93. The first-order valence-corrected chi connectivity index (χ1v) is 8.87. The fraction of sp³-hybridized carbons (Fsp3) is 0.579. The number of hydrogen-bond donors (Lipinski definition) is 1. The molecule has 2 fully saturated rings. The lowest BCUT2D eigenvalue weighted by Crippen LogP contribution is -2.45. The van der Waals surface area contributed by atoms with Crippen molar-refractivity contribution in [3.63, 3.8) is 0 Å². The first kappa shape index (κ1) is 14.9. The maximum atomic E-state index is 6.21. The van der Waals surface area contributed by atoms with E-state index in [1.807, 2.05) is 0 Å². The number of aromatic nitrogens is 2. The highest BCUT2D eigenvalue weighted by Crippen LogP contribution is 2.39. The number of ether oxygens (including phenoxy) is 1. The van der Waals surface area contributed by atoms with Crippen molar-refractivity contribution >= 4 is 16.7 Å². The molecular weight excluding hydrogens is 286 g/mol. The van der Waals surface area contributed by atoms with E-state index in [9.17, 15) is 0 Å². The van der Waals surface area contributed by atoms with Gasteiger partial charge in [-0.2, -0.15) is 0 Å². The molecule has 2 heterocycles. The second-order valence-electron chi connectivity index (χ2n) is 7.12. The van der Waals surface area contributed by atoms with E-state index >= 15 is 0 Å². The van der Waals surface area contributed by atoms with Gasteiger partial charge in [0.15, 0.2) is 0 Å². The lowest BCUT2D eigenvalue weighted by Gasteiger charge is -2.43. The summed E-state index contributed by atoms with van der Waals surface area (Å²) in [7, 11) is 0. The topological polar surface area (TPSA) is 47.0 Å². The maximum Gasteiger partial charge on any atom is 0.137 e. The third-order valence-corrected chi connectivity index (χ3v) is 5.47. The van der Waals surface area contributed by atoms with E-state index in [-0.39, 0.29) is 5.60 Å². The molecule has 1 N–H and O–H groups in total. The fourth-order valence-corrected chi connectivity index (χ4v) is 4.28. The van der Waals surface area contributed by atoms with Crippen LogP contribution in [0.4, 0.5) is 5.82 Å². The van der Waals surface area contributed by atoms with Gasteiger partial charge in [0, 0.05) is 18.0 Å². The van der Waals surface area contributed by atoms with Crippen LogP contribution in [0.25, 0.3) is 10.9 Å². The molecule has 1 aromatic heterocycles. The van der Waals surface area contributed by atoms with Crippen molar-refractivity contribution in [1.29, 1.82) is 0 Å². The number of aryl methyl sites for hydroxylation is 1. The Morgan fingerprint density at radius 1 is 1.17 bits per heavy atom. The molecule has 0 bridgehead atoms. The SMILES string of the molecule is Cc1cccc2ncnc(NC3CCOC4(CCCCC4)C3)c12. The van der Waals surface area contributed by atoms with Gasteiger partial charge in [0.05, 0.1) is 11.1 Å². The van der Waals surface area contributed by atoms with Crippen LogP contribution in [0.5, 0.6) is 0 Å². The standard InChI is InChI=1S/C19H25N3O/c1-14-6-5-7-16-17(14)18(21-13-20-16)22-15-8-11-23-19(12-15)9-3-2-4-10-19/h5-7,13,15H,2-4,8-12H2,1H3,(H,20,21,22). The van der Waals surface area contributed by atoms with Crippen LogP contribution in [0.2, 0.25) is 0 Å². The van der Waals surface area contributed by atoms with E-state index in [1.54, 1.807) is 6.33 Å². The monoisotopic (exact) mass is 311 g/mol. The zero-order valence-electron chi connectivity index (χ0n) is 13.8. The van der Waals surface area contributed by atoms with E-state index in [0.717, 1.165) is 36.2 Å². The van der Waals surface area contributed by atoms with Crippen molar-refractivity contribution < 1.29 is 4.74 Å². The molecule has 4 rings (SSSR count). The molecule has 1 aliphatic heterocycles. The number of hydrogen-bond acceptors (Lipinski definition) is 4. The van der Waals surface area contributed by atoms with Crippen LogP contribution in [0.3, 0.4) is 0 Å². The highest BCUT2D eigenvalue weighted by Gasteiger charge is 2.38. The largest absolute Gasteiger partial charge is 0.375 e. The van der Waals surface area contributed by atoms with Gasteiger partial charge < -0.3 is 10.1 Å². The van der Waals surface area contributed by atoms with E-state index in [0.29, 0.717) is 6.04 Å². The molecule has 0 amide bonds. The van der Waals surface area contributed by atoms with Crippen LogP contribution in [-0.2, 0) is 4.74 Å². The number of anilines is 1. The van der Waals surface area contributed by atoms with E-state index < -0.39 is 0 Å². The second kappa shape index (κ2) is 6.08. The molecule has 1 atom stereocenters. The van der Waals surface area contributed by atoms with Crippen molar-refractivity contribution in [1.82, 2.24) is 9.97 Å². The highest BCUT2D eigenvalue weighted by atomic mass is 16.5. The molecule has 1 aliphatic carbocycles. The molecule has 2 aliphatic rings. The summed E-state index contributed by atoms with van der Waals surface area (Å²) < 4.78 is 6.21. The average Bonchev–Trinajstić information content (AvgIpc) is 2.56. The van der Waals surface area contributed by atoms with E-state index in [4.69, 9.17) is 4.74 Å². The summed E-state index contributed by atoms with van der Waals surface area (Å²) in [5.41, 5.74) is 2.36. The number of rotatable bonds is 2. The van der Waals surface area contributed by atoms with Gasteiger partial charge >= 0.3 is 0 Å². The Labute approximate surface area is 137 Å². The van der Waals surface area contributed by atoms with Crippen LogP contribution in [-0.4, -0.2) is 28.2 Å². The van der Waals surface area contributed by atoms with Crippen LogP contribution in [0.15, 0.2) is 24.5 Å². The minimum absolute atomic E-state index is 0.117. The zero-order chi connectivity index (χ0) is 15.7. The molecule has 1 unspecified atom stereocenters. The lowest BCUT2D eigenvalue weighted by molar-refractivity contribution is -0.103. The molecule has 4 nitrogen and oxygen atoms in total. The van der Waals surface area contributed by atoms with Gasteiger partial charge in [0.1, 0.15) is 12.1 Å². The molecule has 1 saturated heterocycles. The number of nitrogens with one attached hydrogen (secondary N) is 1. The van der Waals surface area contributed by atoms with E-state index in [2.05, 4.69) is 40.4 Å². The van der Waals surface area contributed by atoms with Gasteiger partial charge in [-0.05, 0) is 44.2 Å². The van der Waals surface area contributed by atoms with Crippen molar-refractivity contribution in [2.45, 2.75) is 63.5 Å². The van der Waals surface area contributed by atoms with E-state index in [1.165, 1.54) is 37.7 Å². The molecule has 1 aromatic carbocycles. The summed E-state index contributed by atoms with van der Waals surface area (Å²) in [4.78, 5) is 8.94. The summed E-state index contributed by atoms with van der Waals surface area (Å²) in [5.74, 6) is 0.978. The van der Waals surface area contributed by atoms with Crippen molar-refractivity contribution in [2.24, 2.45) is 0 Å². The van der Waals surface area contributed by atoms with Gasteiger partial charge in [-0.3, -0.25) is 0 Å². The Morgan fingerprint density at radius 2 is 2.04 bits per heavy atom. The fourth-order valence-electron chi connectivity index (χ4n) is 4.28. The predicted octanol–water partition coefficient (Wildman–Crippen LogP) is 4.23. The van der Waals surface area contributed by atoms with Crippen LogP contribution in [0, 0.1) is 6.92 Å². The highest BCUT2D eigenvalue weighted by molar-refractivity contribution is 5.91. The van der Waals surface area contributed by atoms with Gasteiger partial charge in [-0.1, -0.05) is 31.4 Å². The molecule has 2 aromatic rings. The van der Waals surface area contributed by atoms with Gasteiger partial charge in [0.25, 0.3) is 0 Å². The molecule has 0 radical (unpaired) electrons. The summed E-state index contributed by atoms with van der Waals surface area (Å²) >= 11 is 0. The molecule has 23 heavy (non-hydrogen) atoms. The lowest BCUT2D eigenvalue weighted by atomic mass is 9.78. The third-order valence-electron chi connectivity index (χ3n) is 5.47. The minimum Gasteiger partial charge on any atom is -0.375 e. The third kappa shape index (κ3) is 2.92. The van der Waals surface area contributed by atoms with Gasteiger partial charge in [-0.25, -0.2) is 9.97 Å². The van der Waals surface area contributed by atoms with Crippen LogP contribution in [0.1, 0.15) is 50.5 Å². The van der Waals surface area contributed by atoms with Gasteiger partial charge in [0.2, 0.25) is 0 Å². The quantitative estimate of drug-likeness (QED) is 0.901. The predicted molar refractivity (Wildman–Crippen MR) is 92.7 cm³/mol. The Bertz CT molecular complexity index is 683. The zero-order valence-corrected chi connectivity index (χ0v) is 13.8. The summed E-state index contributed by atoms with van der Waals surface area (Å²) in [6.45, 7) is 2.99. The molecule has 1 spiro atoms. The summed E-state index contributed by atoms with van der Waals surface area (Å²) in [5, 5.41) is 4.86. The Balaban J connectivity index is 1.58. The van der Waals surface area contributed by atoms with Crippen LogP contribution < -0.4 is 5.32 Å². The smallest absolute Gasteiger partial charge is 0.137 e. The number of fused-ring (bicyclic) bond motifs is 1. The molecule has 122 valence electrons. The number of nitrogens with zero attached hydrogens (tertiary/aromatic N) is 2. The first-order valence-electron chi connectivity index (χ1n) is 8.87. The van der Waals surface area contributed by atoms with Crippen molar-refractivity contribution in [2.75, 3.05) is 11.9 Å². The second-order valence-corrected chi connectivity index (χ2v) is 7.12. The summed E-state index contributed by atoms with van der Waals surface area (Å²) in [6, 6.07) is 6.69. The number of benzene rings is 1. The maximum absolute atomic E-state index is 6.21. The normalized spacial score (nSPS) is 24.0. The molecular formula is C19H25N3O. The van der Waals surface area contributed by atoms with Crippen molar-refractivity contribution in [3.05, 3.63) is 30.1 Å². The summed E-state index contributed by atoms with van der Waals surface area (Å²) in [6.07, 6.45) is 10.2. The molecule has 1 saturated carbocycles. The molecule has 4 heteroatoms. The van der Waals surface area contributed by atoms with Gasteiger partial charge in [-0.15, -0.1) is 0 Å². The van der Waals surface area contributed by atoms with Crippen LogP contribution >= 0.6 is 0 Å². The first-order chi connectivity index (χ1) is 11.3.